The summed E-state index contributed by atoms with van der Waals surface area (Å²) in [6, 6.07) is 0. The van der Waals surface area contributed by atoms with Crippen LogP contribution in [-0.4, -0.2) is 54.5 Å². The highest BCUT2D eigenvalue weighted by Crippen LogP contribution is 2.55. The van der Waals surface area contributed by atoms with Crippen molar-refractivity contribution in [3.8, 4) is 0 Å². The minimum atomic E-state index is 0.0414. The normalized spacial score (nSPS) is 29.6. The van der Waals surface area contributed by atoms with Crippen molar-refractivity contribution >= 4 is 0 Å². The molecule has 1 spiro atoms. The number of rotatable bonds is 6. The molecule has 2 N–H and O–H groups in total. The first-order valence-electron chi connectivity index (χ1n) is 9.47. The van der Waals surface area contributed by atoms with E-state index in [1.165, 1.54) is 43.4 Å². The quantitative estimate of drug-likeness (QED) is 0.840. The summed E-state index contributed by atoms with van der Waals surface area (Å²) in [5.74, 6) is 0.603. The number of hydrogen-bond donors (Lipinski definition) is 2. The number of ether oxygens (including phenoxy) is 1. The third-order valence-electron chi connectivity index (χ3n) is 6.59. The van der Waals surface area contributed by atoms with Crippen LogP contribution < -0.4 is 5.32 Å². The standard InChI is InChI=1S/C19H34N4O/c1-18(2)19(9-12-24-18)7-5-15(6-8-19)17-16(13-21-22-17)14-23(4)11-10-20-3/h13,15,20H,5-12,14H2,1-4H3,(H,21,22)/t15-,19-. The van der Waals surface area contributed by atoms with Gasteiger partial charge in [-0.15, -0.1) is 0 Å². The van der Waals surface area contributed by atoms with E-state index in [9.17, 15) is 0 Å². The Bertz CT molecular complexity index is 531. The molecule has 1 aliphatic carbocycles. The van der Waals surface area contributed by atoms with Gasteiger partial charge in [-0.3, -0.25) is 5.10 Å². The van der Waals surface area contributed by atoms with Crippen molar-refractivity contribution in [2.24, 2.45) is 5.41 Å². The molecule has 0 aromatic carbocycles. The second-order valence-electron chi connectivity index (χ2n) is 8.30. The molecule has 3 rings (SSSR count). The molecule has 5 heteroatoms. The molecule has 1 saturated heterocycles. The molecule has 2 heterocycles. The lowest BCUT2D eigenvalue weighted by molar-refractivity contribution is -0.0510. The van der Waals surface area contributed by atoms with Gasteiger partial charge in [0.05, 0.1) is 11.3 Å². The van der Waals surface area contributed by atoms with E-state index in [0.29, 0.717) is 11.3 Å². The number of aromatic amines is 1. The lowest BCUT2D eigenvalue weighted by Gasteiger charge is -2.45. The number of nitrogens with one attached hydrogen (secondary N) is 2. The fraction of sp³-hybridized carbons (Fsp3) is 0.842. The zero-order chi connectivity index (χ0) is 17.2. The molecule has 1 saturated carbocycles. The predicted octanol–water partition coefficient (Wildman–Crippen LogP) is 2.90. The summed E-state index contributed by atoms with van der Waals surface area (Å²) in [5, 5.41) is 11.0. The average molecular weight is 335 g/mol. The molecule has 1 aromatic rings. The highest BCUT2D eigenvalue weighted by molar-refractivity contribution is 5.22. The molecule has 5 nitrogen and oxygen atoms in total. The molecule has 0 amide bonds. The van der Waals surface area contributed by atoms with Crippen molar-refractivity contribution in [3.05, 3.63) is 17.5 Å². The second-order valence-corrected chi connectivity index (χ2v) is 8.30. The lowest BCUT2D eigenvalue weighted by Crippen LogP contribution is -2.42. The third-order valence-corrected chi connectivity index (χ3v) is 6.59. The summed E-state index contributed by atoms with van der Waals surface area (Å²) >= 11 is 0. The molecular weight excluding hydrogens is 300 g/mol. The smallest absolute Gasteiger partial charge is 0.0697 e. The van der Waals surface area contributed by atoms with E-state index in [1.807, 2.05) is 7.05 Å². The van der Waals surface area contributed by atoms with Crippen LogP contribution in [0.5, 0.6) is 0 Å². The third kappa shape index (κ3) is 3.39. The maximum absolute atomic E-state index is 6.04. The Morgan fingerprint density at radius 3 is 2.71 bits per heavy atom. The van der Waals surface area contributed by atoms with Crippen molar-refractivity contribution in [2.75, 3.05) is 33.8 Å². The van der Waals surface area contributed by atoms with Crippen molar-refractivity contribution in [1.82, 2.24) is 20.4 Å². The molecule has 1 aromatic heterocycles. The van der Waals surface area contributed by atoms with Crippen molar-refractivity contribution in [3.63, 3.8) is 0 Å². The van der Waals surface area contributed by atoms with Gasteiger partial charge in [-0.1, -0.05) is 0 Å². The summed E-state index contributed by atoms with van der Waals surface area (Å²) < 4.78 is 6.04. The Kier molecular flexibility index (Phi) is 5.33. The number of aromatic nitrogens is 2. The first kappa shape index (κ1) is 17.9. The minimum Gasteiger partial charge on any atom is -0.375 e. The Morgan fingerprint density at radius 1 is 1.33 bits per heavy atom. The minimum absolute atomic E-state index is 0.0414. The summed E-state index contributed by atoms with van der Waals surface area (Å²) in [6.45, 7) is 8.56. The summed E-state index contributed by atoms with van der Waals surface area (Å²) in [5.41, 5.74) is 3.11. The maximum Gasteiger partial charge on any atom is 0.0697 e. The Labute approximate surface area is 146 Å². The second kappa shape index (κ2) is 7.14. The summed E-state index contributed by atoms with van der Waals surface area (Å²) in [7, 11) is 4.19. The zero-order valence-corrected chi connectivity index (χ0v) is 15.8. The van der Waals surface area contributed by atoms with Gasteiger partial charge in [0.1, 0.15) is 0 Å². The number of hydrogen-bond acceptors (Lipinski definition) is 4. The van der Waals surface area contributed by atoms with Gasteiger partial charge in [-0.2, -0.15) is 5.10 Å². The largest absolute Gasteiger partial charge is 0.375 e. The van der Waals surface area contributed by atoms with Gasteiger partial charge in [0.2, 0.25) is 0 Å². The molecule has 1 aliphatic heterocycles. The van der Waals surface area contributed by atoms with Crippen molar-refractivity contribution < 1.29 is 4.74 Å². The Hall–Kier alpha value is -0.910. The van der Waals surface area contributed by atoms with Crippen LogP contribution in [0.25, 0.3) is 0 Å². The SMILES string of the molecule is CNCCN(C)Cc1c[nH]nc1[C@H]1CC[C@@]2(CCOC2(C)C)CC1. The summed E-state index contributed by atoms with van der Waals surface area (Å²) in [4.78, 5) is 2.36. The number of likely N-dealkylation sites (N-methyl/N-ethyl adjacent to an activating group) is 2. The monoisotopic (exact) mass is 334 g/mol. The fourth-order valence-electron chi connectivity index (χ4n) is 4.73. The van der Waals surface area contributed by atoms with E-state index in [4.69, 9.17) is 4.74 Å². The van der Waals surface area contributed by atoms with Gasteiger partial charge in [0, 0.05) is 49.3 Å². The average Bonchev–Trinajstić information content (AvgIpc) is 3.11. The van der Waals surface area contributed by atoms with Gasteiger partial charge in [-0.05, 0) is 60.0 Å². The molecule has 0 bridgehead atoms. The van der Waals surface area contributed by atoms with E-state index in [1.54, 1.807) is 0 Å². The van der Waals surface area contributed by atoms with E-state index in [-0.39, 0.29) is 5.60 Å². The van der Waals surface area contributed by atoms with Crippen LogP contribution in [0.15, 0.2) is 6.20 Å². The molecule has 0 atom stereocenters. The Morgan fingerprint density at radius 2 is 2.08 bits per heavy atom. The van der Waals surface area contributed by atoms with E-state index in [0.717, 1.165) is 26.2 Å². The van der Waals surface area contributed by atoms with Crippen LogP contribution in [0, 0.1) is 5.41 Å². The van der Waals surface area contributed by atoms with Crippen LogP contribution >= 0.6 is 0 Å². The van der Waals surface area contributed by atoms with Crippen molar-refractivity contribution in [2.45, 2.75) is 64.0 Å². The topological polar surface area (TPSA) is 53.2 Å². The van der Waals surface area contributed by atoms with Gasteiger partial charge in [0.15, 0.2) is 0 Å². The van der Waals surface area contributed by atoms with E-state index < -0.39 is 0 Å². The van der Waals surface area contributed by atoms with Crippen molar-refractivity contribution in [1.29, 1.82) is 0 Å². The maximum atomic E-state index is 6.04. The zero-order valence-electron chi connectivity index (χ0n) is 15.8. The fourth-order valence-corrected chi connectivity index (χ4v) is 4.73. The van der Waals surface area contributed by atoms with Gasteiger partial charge in [0.25, 0.3) is 0 Å². The number of nitrogens with zero attached hydrogens (tertiary/aromatic N) is 2. The number of H-pyrrole nitrogens is 1. The van der Waals surface area contributed by atoms with Gasteiger partial charge in [-0.25, -0.2) is 0 Å². The molecule has 0 unspecified atom stereocenters. The molecule has 0 radical (unpaired) electrons. The van der Waals surface area contributed by atoms with Crippen LogP contribution in [0.2, 0.25) is 0 Å². The Balaban J connectivity index is 1.62. The summed E-state index contributed by atoms with van der Waals surface area (Å²) in [6.07, 6.45) is 8.35. The van der Waals surface area contributed by atoms with Crippen LogP contribution in [0.4, 0.5) is 0 Å². The van der Waals surface area contributed by atoms with Crippen LogP contribution in [0.1, 0.15) is 63.1 Å². The predicted molar refractivity (Wildman–Crippen MR) is 97.1 cm³/mol. The van der Waals surface area contributed by atoms with E-state index in [2.05, 4.69) is 47.5 Å². The highest BCUT2D eigenvalue weighted by Gasteiger charge is 2.51. The molecule has 2 fully saturated rings. The molecule has 24 heavy (non-hydrogen) atoms. The first-order valence-corrected chi connectivity index (χ1v) is 9.47. The van der Waals surface area contributed by atoms with Crippen LogP contribution in [-0.2, 0) is 11.3 Å². The van der Waals surface area contributed by atoms with Gasteiger partial charge >= 0.3 is 0 Å². The van der Waals surface area contributed by atoms with Crippen LogP contribution in [0.3, 0.4) is 0 Å². The first-order chi connectivity index (χ1) is 11.5. The molecule has 136 valence electrons. The highest BCUT2D eigenvalue weighted by atomic mass is 16.5. The molecule has 2 aliphatic rings. The van der Waals surface area contributed by atoms with E-state index >= 15 is 0 Å². The lowest BCUT2D eigenvalue weighted by atomic mass is 9.61. The van der Waals surface area contributed by atoms with Gasteiger partial charge < -0.3 is 15.0 Å². The molecular formula is C19H34N4O.